The normalized spacial score (nSPS) is 10.9. The van der Waals surface area contributed by atoms with Crippen molar-refractivity contribution in [2.75, 3.05) is 13.7 Å². The quantitative estimate of drug-likeness (QED) is 0.623. The predicted octanol–water partition coefficient (Wildman–Crippen LogP) is 1.98. The molecule has 0 fully saturated rings. The van der Waals surface area contributed by atoms with Gasteiger partial charge >= 0.3 is 5.69 Å². The van der Waals surface area contributed by atoms with E-state index in [9.17, 15) is 18.8 Å². The Labute approximate surface area is 177 Å². The minimum atomic E-state index is -0.847. The van der Waals surface area contributed by atoms with Gasteiger partial charge in [-0.2, -0.15) is 9.78 Å². The van der Waals surface area contributed by atoms with E-state index in [0.717, 1.165) is 9.25 Å². The molecule has 3 rings (SSSR count). The Morgan fingerprint density at radius 3 is 2.48 bits per heavy atom. The van der Waals surface area contributed by atoms with E-state index in [0.29, 0.717) is 23.5 Å². The lowest BCUT2D eigenvalue weighted by molar-refractivity contribution is 0.0939. The number of benzene rings is 2. The number of halogens is 1. The highest BCUT2D eigenvalue weighted by Crippen LogP contribution is 2.13. The molecule has 3 aromatic rings. The molecule has 2 aromatic carbocycles. The summed E-state index contributed by atoms with van der Waals surface area (Å²) in [6.45, 7) is 3.95. The van der Waals surface area contributed by atoms with Crippen LogP contribution in [-0.2, 0) is 6.54 Å². The summed E-state index contributed by atoms with van der Waals surface area (Å²) >= 11 is 0. The first-order valence-electron chi connectivity index (χ1n) is 9.71. The van der Waals surface area contributed by atoms with Gasteiger partial charge < -0.3 is 10.1 Å². The van der Waals surface area contributed by atoms with Gasteiger partial charge in [0.05, 0.1) is 19.3 Å². The van der Waals surface area contributed by atoms with E-state index in [1.807, 2.05) is 13.8 Å². The number of nitrogens with zero attached hydrogens (tertiary/aromatic N) is 3. The number of nitrogens with one attached hydrogen (secondary N) is 1. The van der Waals surface area contributed by atoms with E-state index in [-0.39, 0.29) is 12.5 Å². The summed E-state index contributed by atoms with van der Waals surface area (Å²) in [7, 11) is 1.51. The Morgan fingerprint density at radius 2 is 1.87 bits per heavy atom. The van der Waals surface area contributed by atoms with Crippen molar-refractivity contribution in [3.05, 3.63) is 86.4 Å². The average molecular weight is 426 g/mol. The zero-order chi connectivity index (χ0) is 22.5. The number of aromatic nitrogens is 3. The van der Waals surface area contributed by atoms with Crippen LogP contribution in [0, 0.1) is 11.7 Å². The molecule has 0 spiro atoms. The highest BCUT2D eigenvalue weighted by Gasteiger charge is 2.20. The smallest absolute Gasteiger partial charge is 0.352 e. The lowest BCUT2D eigenvalue weighted by atomic mass is 10.2. The maximum absolute atomic E-state index is 13.6. The molecule has 162 valence electrons. The molecular weight excluding hydrogens is 403 g/mol. The number of hydrogen-bond donors (Lipinski definition) is 1. The molecule has 0 saturated carbocycles. The number of methoxy groups -OCH3 is 1. The molecule has 0 aliphatic carbocycles. The number of ether oxygens (including phenoxy) is 1. The van der Waals surface area contributed by atoms with E-state index in [4.69, 9.17) is 4.74 Å². The van der Waals surface area contributed by atoms with Crippen LogP contribution in [0.2, 0.25) is 0 Å². The fraction of sp³-hybridized carbons (Fsp3) is 0.273. The highest BCUT2D eigenvalue weighted by molar-refractivity contribution is 5.91. The van der Waals surface area contributed by atoms with E-state index >= 15 is 0 Å². The second-order valence-electron chi connectivity index (χ2n) is 7.37. The van der Waals surface area contributed by atoms with Crippen molar-refractivity contribution in [1.82, 2.24) is 19.7 Å². The summed E-state index contributed by atoms with van der Waals surface area (Å²) in [6, 6.07) is 12.0. The number of amides is 1. The van der Waals surface area contributed by atoms with Gasteiger partial charge in [0.15, 0.2) is 0 Å². The van der Waals surface area contributed by atoms with Crippen LogP contribution in [0.1, 0.15) is 29.9 Å². The Hall–Kier alpha value is -3.75. The van der Waals surface area contributed by atoms with Crippen molar-refractivity contribution >= 4 is 5.91 Å². The highest BCUT2D eigenvalue weighted by atomic mass is 19.1. The van der Waals surface area contributed by atoms with Crippen LogP contribution < -0.4 is 21.3 Å². The summed E-state index contributed by atoms with van der Waals surface area (Å²) in [5.41, 5.74) is -1.27. The van der Waals surface area contributed by atoms with Crippen molar-refractivity contribution in [2.24, 2.45) is 5.92 Å². The van der Waals surface area contributed by atoms with Gasteiger partial charge in [-0.15, -0.1) is 0 Å². The van der Waals surface area contributed by atoms with Crippen molar-refractivity contribution < 1.29 is 13.9 Å². The van der Waals surface area contributed by atoms with Gasteiger partial charge in [0.1, 0.15) is 11.6 Å². The predicted molar refractivity (Wildman–Crippen MR) is 113 cm³/mol. The monoisotopic (exact) mass is 426 g/mol. The van der Waals surface area contributed by atoms with Gasteiger partial charge in [-0.3, -0.25) is 14.2 Å². The fourth-order valence-electron chi connectivity index (χ4n) is 2.89. The van der Waals surface area contributed by atoms with Crippen LogP contribution in [0.25, 0.3) is 5.69 Å². The van der Waals surface area contributed by atoms with Crippen molar-refractivity contribution in [2.45, 2.75) is 20.4 Å². The summed E-state index contributed by atoms with van der Waals surface area (Å²) in [4.78, 5) is 38.7. The molecule has 1 aromatic heterocycles. The van der Waals surface area contributed by atoms with Crippen LogP contribution in [0.15, 0.2) is 58.1 Å². The van der Waals surface area contributed by atoms with Gasteiger partial charge in [0.2, 0.25) is 5.69 Å². The number of carbonyl (C=O) groups is 1. The van der Waals surface area contributed by atoms with Gasteiger partial charge in [-0.1, -0.05) is 26.0 Å². The van der Waals surface area contributed by atoms with Gasteiger partial charge in [0, 0.05) is 6.54 Å². The van der Waals surface area contributed by atoms with Gasteiger partial charge in [-0.25, -0.2) is 9.18 Å². The number of hydrogen-bond acceptors (Lipinski definition) is 5. The molecule has 1 heterocycles. The molecule has 0 aliphatic heterocycles. The zero-order valence-electron chi connectivity index (χ0n) is 17.5. The van der Waals surface area contributed by atoms with Crippen LogP contribution in [-0.4, -0.2) is 33.9 Å². The van der Waals surface area contributed by atoms with Crippen molar-refractivity contribution in [3.8, 4) is 11.4 Å². The van der Waals surface area contributed by atoms with E-state index in [1.54, 1.807) is 30.3 Å². The van der Waals surface area contributed by atoms with Gasteiger partial charge in [0.25, 0.3) is 11.5 Å². The summed E-state index contributed by atoms with van der Waals surface area (Å²) in [5.74, 6) is -0.454. The Bertz CT molecular complexity index is 1200. The van der Waals surface area contributed by atoms with E-state index in [1.165, 1.54) is 25.3 Å². The van der Waals surface area contributed by atoms with Crippen LogP contribution in [0.4, 0.5) is 4.39 Å². The first kappa shape index (κ1) is 21.9. The second kappa shape index (κ2) is 9.38. The Morgan fingerprint density at radius 1 is 1.16 bits per heavy atom. The van der Waals surface area contributed by atoms with Crippen molar-refractivity contribution in [3.63, 3.8) is 0 Å². The van der Waals surface area contributed by atoms with E-state index < -0.39 is 28.7 Å². The van der Waals surface area contributed by atoms with Gasteiger partial charge in [-0.05, 0) is 47.9 Å². The summed E-state index contributed by atoms with van der Waals surface area (Å²) in [5, 5.41) is 6.68. The number of carbonyl (C=O) groups excluding carboxylic acids is 1. The topological polar surface area (TPSA) is 95.2 Å². The molecule has 31 heavy (non-hydrogen) atoms. The molecule has 0 atom stereocenters. The molecule has 1 amide bonds. The number of rotatable bonds is 7. The standard InChI is InChI=1S/C22H23FN4O4/c1-14(2)12-24-20(28)19-21(29)26(13-15-5-4-6-16(23)11-15)22(30)27(25-19)17-7-9-18(31-3)10-8-17/h4-11,14H,12-13H2,1-3H3,(H,24,28). The maximum atomic E-state index is 13.6. The molecule has 9 heteroatoms. The zero-order valence-corrected chi connectivity index (χ0v) is 17.5. The molecule has 0 bridgehead atoms. The largest absolute Gasteiger partial charge is 0.497 e. The molecule has 0 aliphatic rings. The lowest BCUT2D eigenvalue weighted by Crippen LogP contribution is -2.46. The fourth-order valence-corrected chi connectivity index (χ4v) is 2.89. The van der Waals surface area contributed by atoms with Crippen molar-refractivity contribution in [1.29, 1.82) is 0 Å². The van der Waals surface area contributed by atoms with Crippen LogP contribution in [0.3, 0.4) is 0 Å². The Kier molecular flexibility index (Phi) is 6.64. The average Bonchev–Trinajstić information content (AvgIpc) is 2.75. The van der Waals surface area contributed by atoms with Crippen LogP contribution in [0.5, 0.6) is 5.75 Å². The van der Waals surface area contributed by atoms with E-state index in [2.05, 4.69) is 10.4 Å². The molecular formula is C22H23FN4O4. The molecule has 0 saturated heterocycles. The first-order chi connectivity index (χ1) is 14.8. The molecule has 0 radical (unpaired) electrons. The Balaban J connectivity index is 2.15. The molecule has 0 unspecified atom stereocenters. The minimum absolute atomic E-state index is 0.158. The first-order valence-corrected chi connectivity index (χ1v) is 9.71. The third kappa shape index (κ3) is 5.06. The molecule has 1 N–H and O–H groups in total. The maximum Gasteiger partial charge on any atom is 0.352 e. The minimum Gasteiger partial charge on any atom is -0.497 e. The van der Waals surface area contributed by atoms with Crippen LogP contribution >= 0.6 is 0 Å². The lowest BCUT2D eigenvalue weighted by Gasteiger charge is -2.13. The SMILES string of the molecule is COc1ccc(-n2nc(C(=O)NCC(C)C)c(=O)n(Cc3cccc(F)c3)c2=O)cc1. The summed E-state index contributed by atoms with van der Waals surface area (Å²) < 4.78 is 20.6. The third-order valence-corrected chi connectivity index (χ3v) is 4.49. The second-order valence-corrected chi connectivity index (χ2v) is 7.37. The third-order valence-electron chi connectivity index (χ3n) is 4.49. The summed E-state index contributed by atoms with van der Waals surface area (Å²) in [6.07, 6.45) is 0. The molecule has 8 nitrogen and oxygen atoms in total.